The van der Waals surface area contributed by atoms with E-state index in [0.29, 0.717) is 24.7 Å². The number of rotatable bonds is 7. The van der Waals surface area contributed by atoms with Crippen molar-refractivity contribution >= 4 is 11.7 Å². The first-order valence-electron chi connectivity index (χ1n) is 9.64. The molecule has 27 heavy (non-hydrogen) atoms. The van der Waals surface area contributed by atoms with Gasteiger partial charge in [0.25, 0.3) is 5.91 Å². The van der Waals surface area contributed by atoms with Crippen molar-refractivity contribution in [3.63, 3.8) is 0 Å². The van der Waals surface area contributed by atoms with Gasteiger partial charge in [-0.15, -0.1) is 0 Å². The van der Waals surface area contributed by atoms with Crippen molar-refractivity contribution in [1.82, 2.24) is 15.3 Å². The number of amides is 1. The van der Waals surface area contributed by atoms with Gasteiger partial charge >= 0.3 is 0 Å². The standard InChI is InChI=1S/C21H28N4O2/c1-16-9-12-25(13-10-16)19-15-18(21(26)22-11-6-14-27-2)23-20(24-19)17-7-4-3-5-8-17/h3-5,7-8,15-16H,6,9-14H2,1-2H3,(H,22,26). The number of carbonyl (C=O) groups excluding carboxylic acids is 1. The molecule has 1 aliphatic rings. The molecule has 1 amide bonds. The van der Waals surface area contributed by atoms with Gasteiger partial charge in [-0.2, -0.15) is 0 Å². The third-order valence-corrected chi connectivity index (χ3v) is 4.90. The maximum Gasteiger partial charge on any atom is 0.270 e. The van der Waals surface area contributed by atoms with Gasteiger partial charge in [-0.3, -0.25) is 4.79 Å². The van der Waals surface area contributed by atoms with Crippen LogP contribution in [0.1, 0.15) is 36.7 Å². The van der Waals surface area contributed by atoms with Gasteiger partial charge in [0, 0.05) is 45.0 Å². The second-order valence-corrected chi connectivity index (χ2v) is 7.07. The topological polar surface area (TPSA) is 67.3 Å². The maximum atomic E-state index is 12.6. The number of hydrogen-bond donors (Lipinski definition) is 1. The molecule has 1 fully saturated rings. The Kier molecular flexibility index (Phi) is 6.76. The fourth-order valence-electron chi connectivity index (χ4n) is 3.18. The van der Waals surface area contributed by atoms with Crippen molar-refractivity contribution in [2.75, 3.05) is 38.3 Å². The molecule has 2 heterocycles. The van der Waals surface area contributed by atoms with Crippen molar-refractivity contribution in [2.45, 2.75) is 26.2 Å². The zero-order chi connectivity index (χ0) is 19.1. The molecule has 1 saturated heterocycles. The highest BCUT2D eigenvalue weighted by Crippen LogP contribution is 2.24. The van der Waals surface area contributed by atoms with Crippen LogP contribution in [-0.2, 0) is 4.74 Å². The molecule has 1 aromatic carbocycles. The average molecular weight is 368 g/mol. The van der Waals surface area contributed by atoms with E-state index in [0.717, 1.165) is 49.7 Å². The Morgan fingerprint density at radius 3 is 2.67 bits per heavy atom. The Morgan fingerprint density at radius 2 is 1.96 bits per heavy atom. The molecule has 3 rings (SSSR count). The Balaban J connectivity index is 1.85. The van der Waals surface area contributed by atoms with Crippen molar-refractivity contribution in [1.29, 1.82) is 0 Å². The van der Waals surface area contributed by atoms with Crippen LogP contribution in [0.15, 0.2) is 36.4 Å². The Morgan fingerprint density at radius 1 is 1.22 bits per heavy atom. The first kappa shape index (κ1) is 19.3. The zero-order valence-electron chi connectivity index (χ0n) is 16.1. The van der Waals surface area contributed by atoms with Gasteiger partial charge in [-0.25, -0.2) is 9.97 Å². The van der Waals surface area contributed by atoms with E-state index in [1.807, 2.05) is 36.4 Å². The molecule has 0 radical (unpaired) electrons. The summed E-state index contributed by atoms with van der Waals surface area (Å²) < 4.78 is 5.03. The number of benzene rings is 1. The lowest BCUT2D eigenvalue weighted by atomic mass is 9.99. The van der Waals surface area contributed by atoms with E-state index in [2.05, 4.69) is 22.1 Å². The molecule has 1 aromatic heterocycles. The van der Waals surface area contributed by atoms with Gasteiger partial charge in [0.2, 0.25) is 0 Å². The first-order chi connectivity index (χ1) is 13.2. The lowest BCUT2D eigenvalue weighted by Gasteiger charge is -2.31. The first-order valence-corrected chi connectivity index (χ1v) is 9.64. The number of nitrogens with zero attached hydrogens (tertiary/aromatic N) is 3. The van der Waals surface area contributed by atoms with Gasteiger partial charge in [0.05, 0.1) is 0 Å². The molecule has 0 atom stereocenters. The summed E-state index contributed by atoms with van der Waals surface area (Å²) in [6, 6.07) is 11.6. The van der Waals surface area contributed by atoms with Gasteiger partial charge in [-0.05, 0) is 25.2 Å². The Bertz CT molecular complexity index is 743. The predicted octanol–water partition coefficient (Wildman–Crippen LogP) is 3.15. The molecular formula is C21H28N4O2. The zero-order valence-corrected chi connectivity index (χ0v) is 16.1. The summed E-state index contributed by atoms with van der Waals surface area (Å²) in [5.74, 6) is 1.99. The van der Waals surface area contributed by atoms with E-state index >= 15 is 0 Å². The lowest BCUT2D eigenvalue weighted by Crippen LogP contribution is -2.34. The summed E-state index contributed by atoms with van der Waals surface area (Å²) in [7, 11) is 1.66. The maximum absolute atomic E-state index is 12.6. The van der Waals surface area contributed by atoms with Gasteiger partial charge in [0.15, 0.2) is 5.82 Å². The van der Waals surface area contributed by atoms with E-state index < -0.39 is 0 Å². The van der Waals surface area contributed by atoms with E-state index in [1.165, 1.54) is 0 Å². The fourth-order valence-corrected chi connectivity index (χ4v) is 3.18. The quantitative estimate of drug-likeness (QED) is 0.761. The van der Waals surface area contributed by atoms with E-state index in [-0.39, 0.29) is 5.91 Å². The van der Waals surface area contributed by atoms with Crippen LogP contribution < -0.4 is 10.2 Å². The number of ether oxygens (including phenoxy) is 1. The SMILES string of the molecule is COCCCNC(=O)c1cc(N2CCC(C)CC2)nc(-c2ccccc2)n1. The minimum atomic E-state index is -0.169. The van der Waals surface area contributed by atoms with Crippen LogP contribution in [0.4, 0.5) is 5.82 Å². The third kappa shape index (κ3) is 5.26. The van der Waals surface area contributed by atoms with Crippen LogP contribution in [0.3, 0.4) is 0 Å². The minimum absolute atomic E-state index is 0.169. The minimum Gasteiger partial charge on any atom is -0.385 e. The highest BCUT2D eigenvalue weighted by atomic mass is 16.5. The average Bonchev–Trinajstić information content (AvgIpc) is 2.72. The summed E-state index contributed by atoms with van der Waals surface area (Å²) in [6.45, 7) is 5.39. The molecule has 6 heteroatoms. The number of piperidine rings is 1. The molecule has 1 aliphatic heterocycles. The van der Waals surface area contributed by atoms with Gasteiger partial charge in [0.1, 0.15) is 11.5 Å². The predicted molar refractivity (Wildman–Crippen MR) is 107 cm³/mol. The Hall–Kier alpha value is -2.47. The molecule has 144 valence electrons. The van der Waals surface area contributed by atoms with Gasteiger partial charge in [-0.1, -0.05) is 37.3 Å². The smallest absolute Gasteiger partial charge is 0.270 e. The molecule has 2 aromatic rings. The highest BCUT2D eigenvalue weighted by Gasteiger charge is 2.20. The number of hydrogen-bond acceptors (Lipinski definition) is 5. The summed E-state index contributed by atoms with van der Waals surface area (Å²) in [6.07, 6.45) is 3.06. The van der Waals surface area contributed by atoms with Crippen LogP contribution in [-0.4, -0.2) is 49.2 Å². The monoisotopic (exact) mass is 368 g/mol. The summed E-state index contributed by atoms with van der Waals surface area (Å²) in [5.41, 5.74) is 1.33. The normalized spacial score (nSPS) is 15.0. The van der Waals surface area contributed by atoms with Crippen molar-refractivity contribution in [2.24, 2.45) is 5.92 Å². The van der Waals surface area contributed by atoms with Crippen molar-refractivity contribution < 1.29 is 9.53 Å². The number of methoxy groups -OCH3 is 1. The van der Waals surface area contributed by atoms with E-state index in [4.69, 9.17) is 9.72 Å². The summed E-state index contributed by atoms with van der Waals surface area (Å²) >= 11 is 0. The molecule has 0 aliphatic carbocycles. The summed E-state index contributed by atoms with van der Waals surface area (Å²) in [5, 5.41) is 2.92. The second kappa shape index (κ2) is 9.46. The van der Waals surface area contributed by atoms with E-state index in [1.54, 1.807) is 7.11 Å². The molecule has 0 spiro atoms. The molecule has 0 bridgehead atoms. The second-order valence-electron chi connectivity index (χ2n) is 7.07. The van der Waals surface area contributed by atoms with Gasteiger partial charge < -0.3 is 15.0 Å². The largest absolute Gasteiger partial charge is 0.385 e. The van der Waals surface area contributed by atoms with Crippen LogP contribution in [0.5, 0.6) is 0 Å². The lowest BCUT2D eigenvalue weighted by molar-refractivity contribution is 0.0943. The number of carbonyl (C=O) groups is 1. The van der Waals surface area contributed by atoms with Crippen LogP contribution >= 0.6 is 0 Å². The summed E-state index contributed by atoms with van der Waals surface area (Å²) in [4.78, 5) is 24.2. The molecule has 0 saturated carbocycles. The fraction of sp³-hybridized carbons (Fsp3) is 0.476. The van der Waals surface area contributed by atoms with Crippen LogP contribution in [0, 0.1) is 5.92 Å². The van der Waals surface area contributed by atoms with Crippen LogP contribution in [0.2, 0.25) is 0 Å². The third-order valence-electron chi connectivity index (χ3n) is 4.90. The highest BCUT2D eigenvalue weighted by molar-refractivity contribution is 5.93. The number of aromatic nitrogens is 2. The molecule has 0 unspecified atom stereocenters. The van der Waals surface area contributed by atoms with Crippen LogP contribution in [0.25, 0.3) is 11.4 Å². The molecular weight excluding hydrogens is 340 g/mol. The van der Waals surface area contributed by atoms with Crippen molar-refractivity contribution in [3.05, 3.63) is 42.1 Å². The molecule has 6 nitrogen and oxygen atoms in total. The number of anilines is 1. The number of nitrogens with one attached hydrogen (secondary N) is 1. The van der Waals surface area contributed by atoms with E-state index in [9.17, 15) is 4.79 Å². The van der Waals surface area contributed by atoms with Crippen molar-refractivity contribution in [3.8, 4) is 11.4 Å². The Labute approximate surface area is 161 Å². The molecule has 1 N–H and O–H groups in total.